The predicted octanol–water partition coefficient (Wildman–Crippen LogP) is 2.06. The zero-order chi connectivity index (χ0) is 22.5. The number of hydrogen-bond acceptors (Lipinski definition) is 7. The highest BCUT2D eigenvalue weighted by atomic mass is 16.1. The lowest BCUT2D eigenvalue weighted by Gasteiger charge is -2.23. The Balaban J connectivity index is 2.14. The second-order valence-electron chi connectivity index (χ2n) is 7.22. The molecule has 3 aromatic rings. The molecule has 0 spiro atoms. The van der Waals surface area contributed by atoms with Crippen molar-refractivity contribution >= 4 is 23.1 Å². The molecule has 0 aromatic carbocycles. The third kappa shape index (κ3) is 4.55. The van der Waals surface area contributed by atoms with Crippen LogP contribution in [0.1, 0.15) is 30.3 Å². The molecule has 31 heavy (non-hydrogen) atoms. The summed E-state index contributed by atoms with van der Waals surface area (Å²) >= 11 is 0. The maximum Gasteiger partial charge on any atom is 0.299 e. The molecule has 9 nitrogen and oxygen atoms in total. The minimum atomic E-state index is -0.324. The first kappa shape index (κ1) is 21.9. The molecule has 0 aliphatic rings. The SMILES string of the molecule is CCCN(c1cccnc1)c1ncc(C)n(-c2nc(C)c(CC(=O)NC)cc2N)c1=O. The molecule has 0 radical (unpaired) electrons. The van der Waals surface area contributed by atoms with E-state index in [-0.39, 0.29) is 23.7 Å². The van der Waals surface area contributed by atoms with Crippen molar-refractivity contribution in [2.75, 3.05) is 24.2 Å². The summed E-state index contributed by atoms with van der Waals surface area (Å²) in [6, 6.07) is 5.40. The fourth-order valence-electron chi connectivity index (χ4n) is 3.34. The van der Waals surface area contributed by atoms with Crippen molar-refractivity contribution in [3.63, 3.8) is 0 Å². The van der Waals surface area contributed by atoms with Crippen molar-refractivity contribution < 1.29 is 4.79 Å². The maximum atomic E-state index is 13.5. The number of nitrogens with zero attached hydrogens (tertiary/aromatic N) is 5. The molecule has 3 rings (SSSR count). The summed E-state index contributed by atoms with van der Waals surface area (Å²) in [5.41, 5.74) is 9.00. The number of hydrogen-bond donors (Lipinski definition) is 2. The molecular weight excluding hydrogens is 394 g/mol. The number of anilines is 3. The van der Waals surface area contributed by atoms with Gasteiger partial charge in [0.05, 0.1) is 24.0 Å². The van der Waals surface area contributed by atoms with Gasteiger partial charge < -0.3 is 16.0 Å². The van der Waals surface area contributed by atoms with Crippen molar-refractivity contribution in [2.45, 2.75) is 33.6 Å². The molecule has 0 aliphatic heterocycles. The molecule has 0 unspecified atom stereocenters. The van der Waals surface area contributed by atoms with Gasteiger partial charge in [-0.3, -0.25) is 19.1 Å². The molecule has 0 aliphatic carbocycles. The van der Waals surface area contributed by atoms with Gasteiger partial charge in [-0.1, -0.05) is 6.92 Å². The van der Waals surface area contributed by atoms with Crippen LogP contribution >= 0.6 is 0 Å². The number of aryl methyl sites for hydroxylation is 2. The first-order chi connectivity index (χ1) is 14.9. The van der Waals surface area contributed by atoms with Gasteiger partial charge in [-0.2, -0.15) is 0 Å². The van der Waals surface area contributed by atoms with Crippen LogP contribution in [0, 0.1) is 13.8 Å². The molecule has 3 heterocycles. The quantitative estimate of drug-likeness (QED) is 0.599. The number of likely N-dealkylation sites (N-methyl/N-ethyl adjacent to an activating group) is 1. The fourth-order valence-corrected chi connectivity index (χ4v) is 3.34. The molecule has 3 aromatic heterocycles. The van der Waals surface area contributed by atoms with E-state index in [1.807, 2.05) is 24.0 Å². The highest BCUT2D eigenvalue weighted by Crippen LogP contribution is 2.23. The van der Waals surface area contributed by atoms with Crippen LogP contribution in [0.3, 0.4) is 0 Å². The van der Waals surface area contributed by atoms with Gasteiger partial charge in [-0.05, 0) is 44.0 Å². The van der Waals surface area contributed by atoms with Crippen LogP contribution in [-0.4, -0.2) is 39.0 Å². The summed E-state index contributed by atoms with van der Waals surface area (Å²) in [7, 11) is 1.58. The van der Waals surface area contributed by atoms with Gasteiger partial charge in [0, 0.05) is 37.4 Å². The summed E-state index contributed by atoms with van der Waals surface area (Å²) in [5, 5.41) is 2.59. The predicted molar refractivity (Wildman–Crippen MR) is 121 cm³/mol. The summed E-state index contributed by atoms with van der Waals surface area (Å²) in [6.45, 7) is 6.21. The number of pyridine rings is 2. The number of nitrogens with two attached hydrogens (primary N) is 1. The number of amides is 1. The van der Waals surface area contributed by atoms with Crippen molar-refractivity contribution in [1.29, 1.82) is 0 Å². The topological polar surface area (TPSA) is 119 Å². The fraction of sp³-hybridized carbons (Fsp3) is 0.318. The van der Waals surface area contributed by atoms with E-state index in [1.165, 1.54) is 4.57 Å². The number of carbonyl (C=O) groups is 1. The Kier molecular flexibility index (Phi) is 6.64. The lowest BCUT2D eigenvalue weighted by molar-refractivity contribution is -0.119. The van der Waals surface area contributed by atoms with Crippen molar-refractivity contribution in [2.24, 2.45) is 0 Å². The Morgan fingerprint density at radius 3 is 2.71 bits per heavy atom. The molecule has 0 saturated heterocycles. The van der Waals surface area contributed by atoms with E-state index < -0.39 is 0 Å². The Hall–Kier alpha value is -3.75. The zero-order valence-corrected chi connectivity index (χ0v) is 18.2. The third-order valence-electron chi connectivity index (χ3n) is 4.95. The normalized spacial score (nSPS) is 10.7. The monoisotopic (exact) mass is 421 g/mol. The minimum absolute atomic E-state index is 0.136. The molecule has 9 heteroatoms. The van der Waals surface area contributed by atoms with Crippen LogP contribution in [0.15, 0.2) is 41.6 Å². The second-order valence-corrected chi connectivity index (χ2v) is 7.22. The van der Waals surface area contributed by atoms with Crippen molar-refractivity contribution in [3.8, 4) is 5.82 Å². The largest absolute Gasteiger partial charge is 0.396 e. The third-order valence-corrected chi connectivity index (χ3v) is 4.95. The van der Waals surface area contributed by atoms with Crippen LogP contribution in [0.2, 0.25) is 0 Å². The smallest absolute Gasteiger partial charge is 0.299 e. The van der Waals surface area contributed by atoms with Gasteiger partial charge in [0.1, 0.15) is 0 Å². The molecular formula is C22H27N7O2. The molecule has 0 atom stereocenters. The Morgan fingerprint density at radius 1 is 1.29 bits per heavy atom. The van der Waals surface area contributed by atoms with Gasteiger partial charge >= 0.3 is 0 Å². The van der Waals surface area contributed by atoms with Gasteiger partial charge in [0.2, 0.25) is 5.91 Å². The van der Waals surface area contributed by atoms with E-state index >= 15 is 0 Å². The molecule has 0 bridgehead atoms. The maximum absolute atomic E-state index is 13.5. The second kappa shape index (κ2) is 9.38. The van der Waals surface area contributed by atoms with Crippen LogP contribution in [-0.2, 0) is 11.2 Å². The van der Waals surface area contributed by atoms with Gasteiger partial charge in [0.15, 0.2) is 11.6 Å². The standard InChI is InChI=1S/C22H27N7O2/c1-5-9-28(17-7-6-8-25-13-17)21-22(31)29(14(2)12-26-21)20-18(23)10-16(15(3)27-20)11-19(30)24-4/h6-8,10,12-13H,5,9,11,23H2,1-4H3,(H,24,30). The van der Waals surface area contributed by atoms with Crippen LogP contribution in [0.25, 0.3) is 5.82 Å². The molecule has 162 valence electrons. The minimum Gasteiger partial charge on any atom is -0.396 e. The zero-order valence-electron chi connectivity index (χ0n) is 18.2. The van der Waals surface area contributed by atoms with E-state index in [4.69, 9.17) is 5.73 Å². The van der Waals surface area contributed by atoms with E-state index in [9.17, 15) is 9.59 Å². The summed E-state index contributed by atoms with van der Waals surface area (Å²) in [4.78, 5) is 40.3. The van der Waals surface area contributed by atoms with E-state index in [2.05, 4.69) is 20.3 Å². The van der Waals surface area contributed by atoms with Gasteiger partial charge in [0.25, 0.3) is 5.56 Å². The molecule has 0 saturated carbocycles. The first-order valence-electron chi connectivity index (χ1n) is 10.1. The van der Waals surface area contributed by atoms with Crippen LogP contribution < -0.4 is 21.5 Å². The average Bonchev–Trinajstić information content (AvgIpc) is 2.76. The first-order valence-corrected chi connectivity index (χ1v) is 10.1. The summed E-state index contributed by atoms with van der Waals surface area (Å²) < 4.78 is 1.47. The van der Waals surface area contributed by atoms with Crippen molar-refractivity contribution in [3.05, 3.63) is 64.1 Å². The van der Waals surface area contributed by atoms with Crippen LogP contribution in [0.5, 0.6) is 0 Å². The molecule has 3 N–H and O–H groups in total. The molecule has 0 fully saturated rings. The van der Waals surface area contributed by atoms with E-state index in [0.717, 1.165) is 12.1 Å². The Bertz CT molecular complexity index is 1140. The summed E-state index contributed by atoms with van der Waals surface area (Å²) in [5.74, 6) is 0.462. The average molecular weight is 422 g/mol. The van der Waals surface area contributed by atoms with Crippen molar-refractivity contribution in [1.82, 2.24) is 24.8 Å². The number of carbonyl (C=O) groups excluding carboxylic acids is 1. The summed E-state index contributed by atoms with van der Waals surface area (Å²) in [6.07, 6.45) is 6.00. The van der Waals surface area contributed by atoms with Gasteiger partial charge in [-0.25, -0.2) is 9.97 Å². The highest BCUT2D eigenvalue weighted by Gasteiger charge is 2.20. The number of nitrogens with one attached hydrogen (secondary N) is 1. The number of rotatable bonds is 7. The highest BCUT2D eigenvalue weighted by molar-refractivity contribution is 5.79. The molecule has 1 amide bonds. The Morgan fingerprint density at radius 2 is 2.06 bits per heavy atom. The number of aromatic nitrogens is 4. The van der Waals surface area contributed by atoms with E-state index in [1.54, 1.807) is 45.6 Å². The lowest BCUT2D eigenvalue weighted by atomic mass is 10.1. The van der Waals surface area contributed by atoms with E-state index in [0.29, 0.717) is 35.0 Å². The van der Waals surface area contributed by atoms with Gasteiger partial charge in [-0.15, -0.1) is 0 Å². The Labute approximate surface area is 181 Å². The number of nitrogen functional groups attached to an aromatic ring is 1. The van der Waals surface area contributed by atoms with Crippen LogP contribution in [0.4, 0.5) is 17.2 Å². The lowest BCUT2D eigenvalue weighted by Crippen LogP contribution is -2.32.